The monoisotopic (exact) mass is 270 g/mol. The highest BCUT2D eigenvalue weighted by Crippen LogP contribution is 2.14. The molecular formula is C13H19FN2O3. The normalized spacial score (nSPS) is 10.2. The quantitative estimate of drug-likeness (QED) is 0.644. The fourth-order valence-electron chi connectivity index (χ4n) is 1.35. The van der Waals surface area contributed by atoms with E-state index >= 15 is 0 Å². The molecule has 1 aromatic carbocycles. The Balaban J connectivity index is 2.10. The van der Waals surface area contributed by atoms with Crippen molar-refractivity contribution in [2.75, 3.05) is 40.0 Å². The van der Waals surface area contributed by atoms with Crippen molar-refractivity contribution in [3.8, 4) is 5.75 Å². The fourth-order valence-corrected chi connectivity index (χ4v) is 1.35. The molecule has 0 heterocycles. The Labute approximate surface area is 112 Å². The van der Waals surface area contributed by atoms with Crippen molar-refractivity contribution in [3.63, 3.8) is 0 Å². The van der Waals surface area contributed by atoms with E-state index in [1.807, 2.05) is 0 Å². The van der Waals surface area contributed by atoms with Gasteiger partial charge in [-0.3, -0.25) is 4.79 Å². The summed E-state index contributed by atoms with van der Waals surface area (Å²) in [7, 11) is 1.63. The molecule has 0 aromatic heterocycles. The Kier molecular flexibility index (Phi) is 7.53. The van der Waals surface area contributed by atoms with Gasteiger partial charge in [0, 0.05) is 26.7 Å². The lowest BCUT2D eigenvalue weighted by Crippen LogP contribution is -2.35. The number of hydrogen-bond donors (Lipinski definition) is 2. The van der Waals surface area contributed by atoms with Crippen LogP contribution in [-0.2, 0) is 9.53 Å². The Morgan fingerprint density at radius 3 is 2.79 bits per heavy atom. The molecule has 2 N–H and O–H groups in total. The van der Waals surface area contributed by atoms with Crippen molar-refractivity contribution in [2.24, 2.45) is 0 Å². The highest BCUT2D eigenvalue weighted by Gasteiger charge is 2.05. The smallest absolute Gasteiger partial charge is 0.257 e. The second kappa shape index (κ2) is 9.29. The Morgan fingerprint density at radius 1 is 1.26 bits per heavy atom. The average Bonchev–Trinajstić information content (AvgIpc) is 2.42. The van der Waals surface area contributed by atoms with E-state index in [-0.39, 0.29) is 18.3 Å². The summed E-state index contributed by atoms with van der Waals surface area (Å²) in [5.41, 5.74) is 0. The summed E-state index contributed by atoms with van der Waals surface area (Å²) in [6.45, 7) is 2.30. The largest absolute Gasteiger partial charge is 0.481 e. The zero-order valence-electron chi connectivity index (χ0n) is 10.9. The van der Waals surface area contributed by atoms with Crippen LogP contribution in [0.1, 0.15) is 0 Å². The fraction of sp³-hybridized carbons (Fsp3) is 0.462. The maximum absolute atomic E-state index is 13.2. The topological polar surface area (TPSA) is 59.6 Å². The van der Waals surface area contributed by atoms with Crippen molar-refractivity contribution in [1.29, 1.82) is 0 Å². The van der Waals surface area contributed by atoms with Gasteiger partial charge in [-0.2, -0.15) is 0 Å². The van der Waals surface area contributed by atoms with Crippen LogP contribution in [0, 0.1) is 5.82 Å². The Hall–Kier alpha value is -1.66. The molecule has 0 bridgehead atoms. The first kappa shape index (κ1) is 15.4. The zero-order valence-corrected chi connectivity index (χ0v) is 10.9. The highest BCUT2D eigenvalue weighted by molar-refractivity contribution is 5.77. The van der Waals surface area contributed by atoms with Crippen LogP contribution in [0.3, 0.4) is 0 Å². The lowest BCUT2D eigenvalue weighted by Gasteiger charge is -2.08. The minimum Gasteiger partial charge on any atom is -0.481 e. The number of halogens is 1. The van der Waals surface area contributed by atoms with E-state index in [0.717, 1.165) is 6.54 Å². The van der Waals surface area contributed by atoms with E-state index in [0.29, 0.717) is 19.7 Å². The van der Waals surface area contributed by atoms with Gasteiger partial charge in [0.2, 0.25) is 0 Å². The van der Waals surface area contributed by atoms with Gasteiger partial charge in [0.1, 0.15) is 0 Å². The molecule has 0 radical (unpaired) electrons. The van der Waals surface area contributed by atoms with Gasteiger partial charge in [-0.15, -0.1) is 0 Å². The van der Waals surface area contributed by atoms with Crippen molar-refractivity contribution in [1.82, 2.24) is 10.6 Å². The van der Waals surface area contributed by atoms with Crippen LogP contribution in [0.5, 0.6) is 5.75 Å². The first-order valence-electron chi connectivity index (χ1n) is 6.07. The number of hydrogen-bond acceptors (Lipinski definition) is 4. The number of methoxy groups -OCH3 is 1. The van der Waals surface area contributed by atoms with Gasteiger partial charge in [-0.1, -0.05) is 12.1 Å². The van der Waals surface area contributed by atoms with Crippen molar-refractivity contribution >= 4 is 5.91 Å². The van der Waals surface area contributed by atoms with Gasteiger partial charge in [0.05, 0.1) is 6.61 Å². The van der Waals surface area contributed by atoms with Crippen LogP contribution in [0.4, 0.5) is 4.39 Å². The lowest BCUT2D eigenvalue weighted by atomic mass is 10.3. The summed E-state index contributed by atoms with van der Waals surface area (Å²) in [5.74, 6) is -0.677. The predicted molar refractivity (Wildman–Crippen MR) is 69.7 cm³/mol. The molecule has 1 amide bonds. The van der Waals surface area contributed by atoms with Crippen LogP contribution in [-0.4, -0.2) is 45.9 Å². The summed E-state index contributed by atoms with van der Waals surface area (Å²) in [4.78, 5) is 11.4. The number of carbonyl (C=O) groups excluding carboxylic acids is 1. The predicted octanol–water partition coefficient (Wildman–Crippen LogP) is 0.557. The Bertz CT molecular complexity index is 388. The average molecular weight is 270 g/mol. The molecule has 0 unspecified atom stereocenters. The maximum Gasteiger partial charge on any atom is 0.257 e. The molecule has 0 aliphatic heterocycles. The first-order valence-corrected chi connectivity index (χ1v) is 6.07. The molecule has 1 rings (SSSR count). The summed E-state index contributed by atoms with van der Waals surface area (Å²) in [6.07, 6.45) is 0. The third-order valence-electron chi connectivity index (χ3n) is 2.30. The van der Waals surface area contributed by atoms with Crippen LogP contribution < -0.4 is 15.4 Å². The van der Waals surface area contributed by atoms with Gasteiger partial charge in [-0.05, 0) is 12.1 Å². The van der Waals surface area contributed by atoms with E-state index in [1.165, 1.54) is 12.1 Å². The van der Waals surface area contributed by atoms with Crippen molar-refractivity contribution in [2.45, 2.75) is 0 Å². The van der Waals surface area contributed by atoms with Gasteiger partial charge in [0.25, 0.3) is 5.91 Å². The molecule has 0 saturated carbocycles. The molecule has 1 aromatic rings. The van der Waals surface area contributed by atoms with Crippen LogP contribution in [0.25, 0.3) is 0 Å². The van der Waals surface area contributed by atoms with Crippen LogP contribution in [0.15, 0.2) is 24.3 Å². The third-order valence-corrected chi connectivity index (χ3v) is 2.30. The minimum atomic E-state index is -0.475. The number of rotatable bonds is 9. The molecule has 0 fully saturated rings. The second-order valence-electron chi connectivity index (χ2n) is 3.81. The Morgan fingerprint density at radius 2 is 2.05 bits per heavy atom. The second-order valence-corrected chi connectivity index (χ2v) is 3.81. The summed E-state index contributed by atoms with van der Waals surface area (Å²) < 4.78 is 23.1. The molecule has 5 nitrogen and oxygen atoms in total. The van der Waals surface area contributed by atoms with E-state index < -0.39 is 5.82 Å². The number of amides is 1. The SMILES string of the molecule is COCCNCCNC(=O)COc1ccccc1F. The number of para-hydroxylation sites is 1. The van der Waals surface area contributed by atoms with Gasteiger partial charge < -0.3 is 20.1 Å². The molecular weight excluding hydrogens is 251 g/mol. The number of nitrogens with one attached hydrogen (secondary N) is 2. The summed E-state index contributed by atoms with van der Waals surface area (Å²) >= 11 is 0. The molecule has 19 heavy (non-hydrogen) atoms. The highest BCUT2D eigenvalue weighted by atomic mass is 19.1. The summed E-state index contributed by atoms with van der Waals surface area (Å²) in [6, 6.07) is 5.98. The van der Waals surface area contributed by atoms with Gasteiger partial charge in [-0.25, -0.2) is 4.39 Å². The number of ether oxygens (including phenoxy) is 2. The molecule has 0 aliphatic carbocycles. The van der Waals surface area contributed by atoms with Crippen molar-refractivity contribution < 1.29 is 18.7 Å². The van der Waals surface area contributed by atoms with E-state index in [2.05, 4.69) is 10.6 Å². The molecule has 106 valence electrons. The van der Waals surface area contributed by atoms with Gasteiger partial charge >= 0.3 is 0 Å². The van der Waals surface area contributed by atoms with Crippen LogP contribution in [0.2, 0.25) is 0 Å². The molecule has 0 saturated heterocycles. The summed E-state index contributed by atoms with van der Waals surface area (Å²) in [5, 5.41) is 5.74. The zero-order chi connectivity index (χ0) is 13.9. The van der Waals surface area contributed by atoms with E-state index in [9.17, 15) is 9.18 Å². The van der Waals surface area contributed by atoms with Crippen molar-refractivity contribution in [3.05, 3.63) is 30.1 Å². The first-order chi connectivity index (χ1) is 9.24. The van der Waals surface area contributed by atoms with E-state index in [4.69, 9.17) is 9.47 Å². The maximum atomic E-state index is 13.2. The standard InChI is InChI=1S/C13H19FN2O3/c1-18-9-8-15-6-7-16-13(17)10-19-12-5-3-2-4-11(12)14/h2-5,15H,6-10H2,1H3,(H,16,17). The molecule has 0 aliphatic rings. The number of carbonyl (C=O) groups is 1. The molecule has 0 spiro atoms. The number of benzene rings is 1. The minimum absolute atomic E-state index is 0.0795. The van der Waals surface area contributed by atoms with Crippen LogP contribution >= 0.6 is 0 Å². The molecule has 6 heteroatoms. The van der Waals surface area contributed by atoms with Gasteiger partial charge in [0.15, 0.2) is 18.2 Å². The lowest BCUT2D eigenvalue weighted by molar-refractivity contribution is -0.123. The van der Waals surface area contributed by atoms with E-state index in [1.54, 1.807) is 19.2 Å². The third kappa shape index (κ3) is 6.73. The molecule has 0 atom stereocenters.